The van der Waals surface area contributed by atoms with Crippen molar-refractivity contribution in [2.75, 3.05) is 38.2 Å². The van der Waals surface area contributed by atoms with Gasteiger partial charge < -0.3 is 23.9 Å². The Kier molecular flexibility index (Phi) is 7.97. The number of methoxy groups -OCH3 is 1. The van der Waals surface area contributed by atoms with Crippen LogP contribution < -0.4 is 10.2 Å². The molecule has 1 aromatic carbocycles. The fourth-order valence-electron chi connectivity index (χ4n) is 4.34. The number of ether oxygens (including phenoxy) is 1. The van der Waals surface area contributed by atoms with E-state index in [0.717, 1.165) is 57.3 Å². The van der Waals surface area contributed by atoms with Crippen molar-refractivity contribution in [3.05, 3.63) is 65.1 Å². The molecule has 0 aliphatic carbocycles. The van der Waals surface area contributed by atoms with Crippen molar-refractivity contribution >= 4 is 11.6 Å². The number of nitrogens with zero attached hydrogens (tertiary/aromatic N) is 5. The Hall–Kier alpha value is -3.17. The first-order chi connectivity index (χ1) is 16.6. The van der Waals surface area contributed by atoms with Crippen LogP contribution in [0, 0.1) is 0 Å². The van der Waals surface area contributed by atoms with Crippen LogP contribution in [-0.4, -0.2) is 58.9 Å². The van der Waals surface area contributed by atoms with E-state index in [4.69, 9.17) is 9.15 Å². The monoisotopic (exact) mass is 466 g/mol. The SMILES string of the molecule is CCN(CC)c1ccc(CN2CCc3nnc(CNC(=O)c4ccc(COC)o4)n3CC2)cc1. The first kappa shape index (κ1) is 24.0. The first-order valence-corrected chi connectivity index (χ1v) is 11.9. The number of rotatable bonds is 10. The summed E-state index contributed by atoms with van der Waals surface area (Å²) in [6.07, 6.45) is 0.830. The molecule has 0 fully saturated rings. The maximum Gasteiger partial charge on any atom is 0.287 e. The van der Waals surface area contributed by atoms with E-state index in [0.29, 0.717) is 18.9 Å². The number of carbonyl (C=O) groups is 1. The predicted molar refractivity (Wildman–Crippen MR) is 130 cm³/mol. The Bertz CT molecular complexity index is 1070. The molecule has 182 valence electrons. The third-order valence-corrected chi connectivity index (χ3v) is 6.25. The summed E-state index contributed by atoms with van der Waals surface area (Å²) in [6, 6.07) is 12.3. The fraction of sp³-hybridized carbons (Fsp3) is 0.480. The fourth-order valence-corrected chi connectivity index (χ4v) is 4.34. The van der Waals surface area contributed by atoms with E-state index in [-0.39, 0.29) is 11.7 Å². The normalized spacial score (nSPS) is 14.0. The summed E-state index contributed by atoms with van der Waals surface area (Å²) >= 11 is 0. The van der Waals surface area contributed by atoms with Gasteiger partial charge in [-0.2, -0.15) is 0 Å². The van der Waals surface area contributed by atoms with Crippen LogP contribution in [-0.2, 0) is 37.4 Å². The standard InChI is InChI=1S/C25H34N6O3/c1-4-30(5-2)20-8-6-19(7-9-20)17-29-13-12-23-27-28-24(31(23)15-14-29)16-26-25(32)22-11-10-21(34-22)18-33-3/h6-11H,4-5,12-18H2,1-3H3,(H,26,32). The van der Waals surface area contributed by atoms with Crippen molar-refractivity contribution in [3.8, 4) is 0 Å². The van der Waals surface area contributed by atoms with Crippen molar-refractivity contribution in [1.29, 1.82) is 0 Å². The zero-order valence-corrected chi connectivity index (χ0v) is 20.3. The van der Waals surface area contributed by atoms with E-state index >= 15 is 0 Å². The Morgan fingerprint density at radius 3 is 2.62 bits per heavy atom. The molecule has 0 radical (unpaired) electrons. The van der Waals surface area contributed by atoms with Crippen LogP contribution in [0.5, 0.6) is 0 Å². The van der Waals surface area contributed by atoms with Crippen LogP contribution in [0.15, 0.2) is 40.8 Å². The molecular formula is C25H34N6O3. The molecule has 9 heteroatoms. The highest BCUT2D eigenvalue weighted by atomic mass is 16.5. The lowest BCUT2D eigenvalue weighted by Gasteiger charge is -2.23. The molecule has 0 saturated heterocycles. The summed E-state index contributed by atoms with van der Waals surface area (Å²) in [5, 5.41) is 11.6. The van der Waals surface area contributed by atoms with Crippen LogP contribution in [0.3, 0.4) is 0 Å². The van der Waals surface area contributed by atoms with Crippen molar-refractivity contribution < 1.29 is 13.9 Å². The lowest BCUT2D eigenvalue weighted by Crippen LogP contribution is -2.28. The summed E-state index contributed by atoms with van der Waals surface area (Å²) in [4.78, 5) is 17.2. The predicted octanol–water partition coefficient (Wildman–Crippen LogP) is 2.85. The Labute approximate surface area is 200 Å². The van der Waals surface area contributed by atoms with Crippen molar-refractivity contribution in [2.45, 2.75) is 46.5 Å². The number of amides is 1. The van der Waals surface area contributed by atoms with Crippen molar-refractivity contribution in [3.63, 3.8) is 0 Å². The number of aromatic nitrogens is 3. The molecule has 0 atom stereocenters. The average molecular weight is 467 g/mol. The second-order valence-corrected chi connectivity index (χ2v) is 8.43. The number of hydrogen-bond donors (Lipinski definition) is 1. The minimum Gasteiger partial charge on any atom is -0.453 e. The third-order valence-electron chi connectivity index (χ3n) is 6.25. The molecule has 3 heterocycles. The molecule has 1 N–H and O–H groups in total. The summed E-state index contributed by atoms with van der Waals surface area (Å²) < 4.78 is 12.7. The van der Waals surface area contributed by atoms with E-state index in [2.05, 4.69) is 68.0 Å². The summed E-state index contributed by atoms with van der Waals surface area (Å²) in [6.45, 7) is 10.6. The molecule has 2 aromatic heterocycles. The molecule has 3 aromatic rings. The van der Waals surface area contributed by atoms with Gasteiger partial charge in [-0.3, -0.25) is 9.69 Å². The Balaban J connectivity index is 1.32. The van der Waals surface area contributed by atoms with Gasteiger partial charge in [0.25, 0.3) is 5.91 Å². The van der Waals surface area contributed by atoms with E-state index in [1.807, 2.05) is 0 Å². The largest absolute Gasteiger partial charge is 0.453 e. The second kappa shape index (κ2) is 11.3. The molecule has 4 rings (SSSR count). The van der Waals surface area contributed by atoms with Crippen molar-refractivity contribution in [2.24, 2.45) is 0 Å². The van der Waals surface area contributed by atoms with Gasteiger partial charge in [0, 0.05) is 58.5 Å². The van der Waals surface area contributed by atoms with Crippen LogP contribution in [0.25, 0.3) is 0 Å². The van der Waals surface area contributed by atoms with Crippen LogP contribution in [0.1, 0.15) is 47.4 Å². The van der Waals surface area contributed by atoms with E-state index in [9.17, 15) is 4.79 Å². The van der Waals surface area contributed by atoms with Gasteiger partial charge in [0.15, 0.2) is 11.6 Å². The number of furan rings is 1. The lowest BCUT2D eigenvalue weighted by molar-refractivity contribution is 0.0913. The molecule has 0 spiro atoms. The van der Waals surface area contributed by atoms with Crippen LogP contribution >= 0.6 is 0 Å². The van der Waals surface area contributed by atoms with Crippen LogP contribution in [0.4, 0.5) is 5.69 Å². The molecule has 0 bridgehead atoms. The van der Waals surface area contributed by atoms with Gasteiger partial charge >= 0.3 is 0 Å². The molecule has 1 aliphatic heterocycles. The highest BCUT2D eigenvalue weighted by molar-refractivity contribution is 5.91. The Morgan fingerprint density at radius 2 is 1.88 bits per heavy atom. The lowest BCUT2D eigenvalue weighted by atomic mass is 10.1. The molecule has 0 unspecified atom stereocenters. The third kappa shape index (κ3) is 5.66. The zero-order chi connectivity index (χ0) is 23.9. The molecular weight excluding hydrogens is 432 g/mol. The van der Waals surface area contributed by atoms with Crippen LogP contribution in [0.2, 0.25) is 0 Å². The molecule has 9 nitrogen and oxygen atoms in total. The zero-order valence-electron chi connectivity index (χ0n) is 20.3. The first-order valence-electron chi connectivity index (χ1n) is 11.9. The minimum atomic E-state index is -0.275. The van der Waals surface area contributed by atoms with Crippen molar-refractivity contribution in [1.82, 2.24) is 25.0 Å². The van der Waals surface area contributed by atoms with E-state index in [1.54, 1.807) is 19.2 Å². The van der Waals surface area contributed by atoms with Gasteiger partial charge in [-0.05, 0) is 43.7 Å². The maximum atomic E-state index is 12.4. The van der Waals surface area contributed by atoms with Gasteiger partial charge in [-0.1, -0.05) is 12.1 Å². The van der Waals surface area contributed by atoms with E-state index in [1.165, 1.54) is 11.3 Å². The molecule has 1 aliphatic rings. The average Bonchev–Trinajstić information content (AvgIpc) is 3.43. The molecule has 0 saturated carbocycles. The van der Waals surface area contributed by atoms with E-state index < -0.39 is 0 Å². The number of anilines is 1. The highest BCUT2D eigenvalue weighted by Crippen LogP contribution is 2.18. The van der Waals surface area contributed by atoms with Gasteiger partial charge in [0.05, 0.1) is 6.54 Å². The van der Waals surface area contributed by atoms with Gasteiger partial charge in [0.2, 0.25) is 0 Å². The number of fused-ring (bicyclic) bond motifs is 1. The quantitative estimate of drug-likeness (QED) is 0.491. The minimum absolute atomic E-state index is 0.265. The molecule has 34 heavy (non-hydrogen) atoms. The summed E-state index contributed by atoms with van der Waals surface area (Å²) in [5.74, 6) is 2.33. The maximum absolute atomic E-state index is 12.4. The number of carbonyl (C=O) groups excluding carboxylic acids is 1. The number of nitrogens with one attached hydrogen (secondary N) is 1. The number of hydrogen-bond acceptors (Lipinski definition) is 7. The Morgan fingerprint density at radius 1 is 1.09 bits per heavy atom. The summed E-state index contributed by atoms with van der Waals surface area (Å²) in [7, 11) is 1.59. The number of benzene rings is 1. The highest BCUT2D eigenvalue weighted by Gasteiger charge is 2.20. The van der Waals surface area contributed by atoms with Gasteiger partial charge in [-0.15, -0.1) is 10.2 Å². The molecule has 1 amide bonds. The summed E-state index contributed by atoms with van der Waals surface area (Å²) in [5.41, 5.74) is 2.58. The van der Waals surface area contributed by atoms with Gasteiger partial charge in [0.1, 0.15) is 18.2 Å². The topological polar surface area (TPSA) is 88.7 Å². The van der Waals surface area contributed by atoms with Gasteiger partial charge in [-0.25, -0.2) is 0 Å². The smallest absolute Gasteiger partial charge is 0.287 e. The second-order valence-electron chi connectivity index (χ2n) is 8.43.